The van der Waals surface area contributed by atoms with Gasteiger partial charge in [0.1, 0.15) is 18.1 Å². The van der Waals surface area contributed by atoms with Crippen LogP contribution in [0, 0.1) is 5.92 Å². The smallest absolute Gasteiger partial charge is 0.326 e. The summed E-state index contributed by atoms with van der Waals surface area (Å²) in [5.41, 5.74) is 6.48. The normalized spacial score (nSPS) is 18.2. The van der Waals surface area contributed by atoms with Gasteiger partial charge in [0.2, 0.25) is 17.7 Å². The Balaban J connectivity index is 2.10. The first-order valence-electron chi connectivity index (χ1n) is 11.1. The molecule has 0 radical (unpaired) electrons. The summed E-state index contributed by atoms with van der Waals surface area (Å²) in [6, 6.07) is -4.57. The van der Waals surface area contributed by atoms with E-state index in [1.165, 1.54) is 17.4 Å². The second-order valence-corrected chi connectivity index (χ2v) is 8.77. The van der Waals surface area contributed by atoms with E-state index in [0.29, 0.717) is 18.5 Å². The van der Waals surface area contributed by atoms with Gasteiger partial charge in [0.15, 0.2) is 0 Å². The standard InChI is InChI=1S/C21H32N6O7/c1-11(2)6-15(21(33)34)26-19(31)16-4-3-5-27(16)20(32)14(8-17(28)29)25-18(30)13(22)7-12-9-23-10-24-12/h9-11,13-16H,3-8,22H2,1-2H3,(H,23,24)(H,25,30)(H,26,31)(H,28,29)(H,33,34). The quantitative estimate of drug-likeness (QED) is 0.213. The molecule has 1 saturated heterocycles. The van der Waals surface area contributed by atoms with Gasteiger partial charge in [0, 0.05) is 24.9 Å². The highest BCUT2D eigenvalue weighted by atomic mass is 16.4. The maximum atomic E-state index is 13.2. The van der Waals surface area contributed by atoms with E-state index in [4.69, 9.17) is 5.73 Å². The third-order valence-electron chi connectivity index (χ3n) is 5.48. The van der Waals surface area contributed by atoms with Crippen LogP contribution in [0.2, 0.25) is 0 Å². The average molecular weight is 481 g/mol. The van der Waals surface area contributed by atoms with Crippen molar-refractivity contribution in [2.24, 2.45) is 11.7 Å². The molecule has 0 aromatic carbocycles. The number of aliphatic carboxylic acids is 2. The number of carbonyl (C=O) groups is 5. The molecule has 2 heterocycles. The number of hydrogen-bond acceptors (Lipinski definition) is 7. The number of hydrogen-bond donors (Lipinski definition) is 6. The number of aromatic nitrogens is 2. The number of nitrogens with zero attached hydrogens (tertiary/aromatic N) is 2. The van der Waals surface area contributed by atoms with E-state index >= 15 is 0 Å². The summed E-state index contributed by atoms with van der Waals surface area (Å²) >= 11 is 0. The molecule has 13 nitrogen and oxygen atoms in total. The molecule has 0 saturated carbocycles. The molecule has 1 fully saturated rings. The van der Waals surface area contributed by atoms with Crippen LogP contribution in [0.15, 0.2) is 12.5 Å². The van der Waals surface area contributed by atoms with Crippen LogP contribution in [-0.4, -0.2) is 85.5 Å². The van der Waals surface area contributed by atoms with Crippen molar-refractivity contribution in [2.45, 2.75) is 70.1 Å². The highest BCUT2D eigenvalue weighted by Crippen LogP contribution is 2.20. The van der Waals surface area contributed by atoms with Crippen LogP contribution < -0.4 is 16.4 Å². The molecular formula is C21H32N6O7. The summed E-state index contributed by atoms with van der Waals surface area (Å²) in [4.78, 5) is 69.2. The maximum Gasteiger partial charge on any atom is 0.326 e. The van der Waals surface area contributed by atoms with Crippen molar-refractivity contribution in [3.63, 3.8) is 0 Å². The summed E-state index contributed by atoms with van der Waals surface area (Å²) in [6.45, 7) is 3.82. The molecule has 34 heavy (non-hydrogen) atoms. The van der Waals surface area contributed by atoms with Crippen molar-refractivity contribution >= 4 is 29.7 Å². The Hall–Kier alpha value is -3.48. The molecule has 4 atom stereocenters. The van der Waals surface area contributed by atoms with Crippen molar-refractivity contribution in [2.75, 3.05) is 6.54 Å². The first-order valence-corrected chi connectivity index (χ1v) is 11.1. The molecule has 0 bridgehead atoms. The molecule has 2 rings (SSSR count). The number of aromatic amines is 1. The SMILES string of the molecule is CC(C)CC(NC(=O)C1CCCN1C(=O)C(CC(=O)O)NC(=O)C(N)Cc1cnc[nH]1)C(=O)O. The fourth-order valence-corrected chi connectivity index (χ4v) is 3.84. The van der Waals surface area contributed by atoms with E-state index in [2.05, 4.69) is 20.6 Å². The summed E-state index contributed by atoms with van der Waals surface area (Å²) in [6.07, 6.45) is 3.29. The fraction of sp³-hybridized carbons (Fsp3) is 0.619. The number of nitrogens with one attached hydrogen (secondary N) is 3. The van der Waals surface area contributed by atoms with Gasteiger partial charge in [-0.1, -0.05) is 13.8 Å². The predicted molar refractivity (Wildman–Crippen MR) is 118 cm³/mol. The summed E-state index contributed by atoms with van der Waals surface area (Å²) < 4.78 is 0. The number of carboxylic acid groups (broad SMARTS) is 2. The average Bonchev–Trinajstić information content (AvgIpc) is 3.43. The highest BCUT2D eigenvalue weighted by Gasteiger charge is 2.39. The number of H-pyrrole nitrogens is 1. The molecule has 3 amide bonds. The number of likely N-dealkylation sites (tertiary alicyclic amines) is 1. The molecule has 13 heteroatoms. The second kappa shape index (κ2) is 12.1. The minimum atomic E-state index is -1.43. The zero-order valence-electron chi connectivity index (χ0n) is 19.2. The lowest BCUT2D eigenvalue weighted by Crippen LogP contribution is -2.57. The number of carbonyl (C=O) groups excluding carboxylic acids is 3. The zero-order chi connectivity index (χ0) is 25.4. The highest BCUT2D eigenvalue weighted by molar-refractivity contribution is 5.96. The van der Waals surface area contributed by atoms with E-state index in [0.717, 1.165) is 0 Å². The Morgan fingerprint density at radius 3 is 2.47 bits per heavy atom. The van der Waals surface area contributed by atoms with Crippen LogP contribution in [0.5, 0.6) is 0 Å². The van der Waals surface area contributed by atoms with Crippen LogP contribution in [-0.2, 0) is 30.4 Å². The lowest BCUT2D eigenvalue weighted by atomic mass is 10.0. The summed E-state index contributed by atoms with van der Waals surface area (Å²) in [7, 11) is 0. The first kappa shape index (κ1) is 26.8. The van der Waals surface area contributed by atoms with Gasteiger partial charge in [0.05, 0.1) is 18.8 Å². The molecular weight excluding hydrogens is 448 g/mol. The lowest BCUT2D eigenvalue weighted by molar-refractivity contribution is -0.147. The Morgan fingerprint density at radius 2 is 1.91 bits per heavy atom. The Labute approximate surface area is 196 Å². The Kier molecular flexibility index (Phi) is 9.54. The third-order valence-corrected chi connectivity index (χ3v) is 5.48. The van der Waals surface area contributed by atoms with Crippen LogP contribution in [0.3, 0.4) is 0 Å². The van der Waals surface area contributed by atoms with Crippen LogP contribution in [0.1, 0.15) is 45.2 Å². The van der Waals surface area contributed by atoms with E-state index < -0.39 is 60.2 Å². The minimum absolute atomic E-state index is 0.0174. The first-order chi connectivity index (χ1) is 16.0. The van der Waals surface area contributed by atoms with E-state index in [1.807, 2.05) is 13.8 Å². The minimum Gasteiger partial charge on any atom is -0.481 e. The van der Waals surface area contributed by atoms with Crippen LogP contribution in [0.25, 0.3) is 0 Å². The Morgan fingerprint density at radius 1 is 1.21 bits per heavy atom. The van der Waals surface area contributed by atoms with Crippen LogP contribution >= 0.6 is 0 Å². The largest absolute Gasteiger partial charge is 0.481 e. The lowest BCUT2D eigenvalue weighted by Gasteiger charge is -2.29. The van der Waals surface area contributed by atoms with Crippen molar-refractivity contribution in [1.29, 1.82) is 0 Å². The fourth-order valence-electron chi connectivity index (χ4n) is 3.84. The molecule has 1 aliphatic heterocycles. The Bertz CT molecular complexity index is 888. The van der Waals surface area contributed by atoms with Crippen LogP contribution in [0.4, 0.5) is 0 Å². The molecule has 1 aromatic rings. The second-order valence-electron chi connectivity index (χ2n) is 8.77. The van der Waals surface area contributed by atoms with Gasteiger partial charge in [-0.15, -0.1) is 0 Å². The van der Waals surface area contributed by atoms with Gasteiger partial charge in [0.25, 0.3) is 0 Å². The van der Waals surface area contributed by atoms with Crippen molar-refractivity contribution in [3.05, 3.63) is 18.2 Å². The van der Waals surface area contributed by atoms with Gasteiger partial charge in [-0.05, 0) is 25.2 Å². The monoisotopic (exact) mass is 480 g/mol. The molecule has 1 aromatic heterocycles. The predicted octanol–water partition coefficient (Wildman–Crippen LogP) is -1.15. The topological polar surface area (TPSA) is 208 Å². The summed E-state index contributed by atoms with van der Waals surface area (Å²) in [5.74, 6) is -4.57. The van der Waals surface area contributed by atoms with E-state index in [-0.39, 0.29) is 25.3 Å². The molecule has 0 spiro atoms. The number of rotatable bonds is 12. The number of amides is 3. The van der Waals surface area contributed by atoms with Crippen molar-refractivity contribution in [3.8, 4) is 0 Å². The van der Waals surface area contributed by atoms with Gasteiger partial charge in [-0.2, -0.15) is 0 Å². The molecule has 0 aliphatic carbocycles. The molecule has 4 unspecified atom stereocenters. The third kappa shape index (κ3) is 7.54. The van der Waals surface area contributed by atoms with Gasteiger partial charge in [-0.25, -0.2) is 9.78 Å². The van der Waals surface area contributed by atoms with Gasteiger partial charge in [-0.3, -0.25) is 19.2 Å². The summed E-state index contributed by atoms with van der Waals surface area (Å²) in [5, 5.41) is 23.5. The van der Waals surface area contributed by atoms with Gasteiger partial charge < -0.3 is 36.5 Å². The van der Waals surface area contributed by atoms with E-state index in [9.17, 15) is 34.2 Å². The van der Waals surface area contributed by atoms with E-state index in [1.54, 1.807) is 0 Å². The number of nitrogens with two attached hydrogens (primary N) is 1. The zero-order valence-corrected chi connectivity index (χ0v) is 19.2. The van der Waals surface area contributed by atoms with Gasteiger partial charge >= 0.3 is 11.9 Å². The van der Waals surface area contributed by atoms with Crippen molar-refractivity contribution in [1.82, 2.24) is 25.5 Å². The number of imidazole rings is 1. The molecule has 188 valence electrons. The molecule has 7 N–H and O–H groups in total. The number of carboxylic acids is 2. The van der Waals surface area contributed by atoms with Crippen molar-refractivity contribution < 1.29 is 34.2 Å². The molecule has 1 aliphatic rings. The maximum absolute atomic E-state index is 13.2.